The molecule has 2 atom stereocenters. The third-order valence-electron chi connectivity index (χ3n) is 3.36. The molecule has 102 valence electrons. The van der Waals surface area contributed by atoms with Crippen molar-refractivity contribution in [2.45, 2.75) is 26.4 Å². The van der Waals surface area contributed by atoms with E-state index in [-0.39, 0.29) is 6.04 Å². The lowest BCUT2D eigenvalue weighted by molar-refractivity contribution is 0.435. The van der Waals surface area contributed by atoms with Crippen LogP contribution in [0.2, 0.25) is 0 Å². The second-order valence-electron chi connectivity index (χ2n) is 5.06. The first-order valence-electron chi connectivity index (χ1n) is 6.73. The van der Waals surface area contributed by atoms with Crippen LogP contribution in [0.3, 0.4) is 0 Å². The van der Waals surface area contributed by atoms with E-state index >= 15 is 0 Å². The van der Waals surface area contributed by atoms with Gasteiger partial charge in [-0.2, -0.15) is 0 Å². The van der Waals surface area contributed by atoms with Crippen molar-refractivity contribution >= 4 is 11.3 Å². The van der Waals surface area contributed by atoms with E-state index in [0.717, 1.165) is 13.1 Å². The fourth-order valence-corrected chi connectivity index (χ4v) is 2.99. The highest BCUT2D eigenvalue weighted by Gasteiger charge is 2.14. The van der Waals surface area contributed by atoms with Crippen LogP contribution in [0, 0.1) is 12.8 Å². The van der Waals surface area contributed by atoms with Crippen molar-refractivity contribution < 1.29 is 0 Å². The summed E-state index contributed by atoms with van der Waals surface area (Å²) < 4.78 is 0. The van der Waals surface area contributed by atoms with Crippen LogP contribution in [0.25, 0.3) is 0 Å². The van der Waals surface area contributed by atoms with Gasteiger partial charge in [0.1, 0.15) is 0 Å². The molecule has 1 aromatic carbocycles. The Bertz CT molecular complexity index is 492. The molecule has 0 saturated heterocycles. The molecule has 0 fully saturated rings. The highest BCUT2D eigenvalue weighted by Crippen LogP contribution is 2.19. The number of rotatable bonds is 6. The standard InChI is InChI=1S/C16H22N2S/c1-12(16(17)14-6-4-3-5-7-14)10-18-11-15-9-8-13(2)19-15/h3-9,12,16,18H,10-11,17H2,1-2H3. The van der Waals surface area contributed by atoms with E-state index in [1.165, 1.54) is 15.3 Å². The van der Waals surface area contributed by atoms with Crippen LogP contribution in [-0.4, -0.2) is 6.54 Å². The lowest BCUT2D eigenvalue weighted by atomic mass is 9.95. The van der Waals surface area contributed by atoms with Gasteiger partial charge in [0.2, 0.25) is 0 Å². The van der Waals surface area contributed by atoms with E-state index in [0.29, 0.717) is 5.92 Å². The van der Waals surface area contributed by atoms with Crippen molar-refractivity contribution in [1.82, 2.24) is 5.32 Å². The zero-order valence-electron chi connectivity index (χ0n) is 11.6. The summed E-state index contributed by atoms with van der Waals surface area (Å²) in [4.78, 5) is 2.75. The Morgan fingerprint density at radius 1 is 1.16 bits per heavy atom. The fraction of sp³-hybridized carbons (Fsp3) is 0.375. The molecule has 2 aromatic rings. The maximum absolute atomic E-state index is 6.28. The zero-order valence-corrected chi connectivity index (χ0v) is 12.4. The molecule has 0 aliphatic rings. The van der Waals surface area contributed by atoms with Crippen molar-refractivity contribution in [3.05, 3.63) is 57.8 Å². The highest BCUT2D eigenvalue weighted by atomic mass is 32.1. The molecule has 0 aliphatic carbocycles. The Kier molecular flexibility index (Phi) is 5.14. The van der Waals surface area contributed by atoms with Crippen molar-refractivity contribution in [1.29, 1.82) is 0 Å². The topological polar surface area (TPSA) is 38.0 Å². The quantitative estimate of drug-likeness (QED) is 0.846. The van der Waals surface area contributed by atoms with Crippen molar-refractivity contribution in [3.8, 4) is 0 Å². The molecular formula is C16H22N2S. The average Bonchev–Trinajstić information content (AvgIpc) is 2.84. The van der Waals surface area contributed by atoms with Crippen LogP contribution in [-0.2, 0) is 6.54 Å². The van der Waals surface area contributed by atoms with E-state index in [2.05, 4.69) is 43.4 Å². The third-order valence-corrected chi connectivity index (χ3v) is 4.36. The van der Waals surface area contributed by atoms with Gasteiger partial charge in [-0.25, -0.2) is 0 Å². The van der Waals surface area contributed by atoms with Crippen LogP contribution in [0.1, 0.15) is 28.3 Å². The van der Waals surface area contributed by atoms with Gasteiger partial charge in [0, 0.05) is 22.3 Å². The van der Waals surface area contributed by atoms with Gasteiger partial charge >= 0.3 is 0 Å². The van der Waals surface area contributed by atoms with Gasteiger partial charge in [-0.15, -0.1) is 11.3 Å². The van der Waals surface area contributed by atoms with Crippen LogP contribution in [0.15, 0.2) is 42.5 Å². The average molecular weight is 274 g/mol. The second-order valence-corrected chi connectivity index (χ2v) is 6.43. The first kappa shape index (κ1) is 14.3. The maximum atomic E-state index is 6.28. The maximum Gasteiger partial charge on any atom is 0.0333 e. The number of aryl methyl sites for hydroxylation is 1. The van der Waals surface area contributed by atoms with Crippen LogP contribution in [0.4, 0.5) is 0 Å². The Labute approximate surface area is 119 Å². The highest BCUT2D eigenvalue weighted by molar-refractivity contribution is 7.11. The van der Waals surface area contributed by atoms with E-state index < -0.39 is 0 Å². The van der Waals surface area contributed by atoms with Gasteiger partial charge in [0.25, 0.3) is 0 Å². The van der Waals surface area contributed by atoms with Gasteiger partial charge in [-0.05, 0) is 37.1 Å². The molecule has 1 aromatic heterocycles. The number of nitrogens with one attached hydrogen (secondary N) is 1. The van der Waals surface area contributed by atoms with Crippen molar-refractivity contribution in [3.63, 3.8) is 0 Å². The van der Waals surface area contributed by atoms with Gasteiger partial charge in [0.05, 0.1) is 0 Å². The second kappa shape index (κ2) is 6.85. The van der Waals surface area contributed by atoms with E-state index in [9.17, 15) is 0 Å². The molecule has 0 spiro atoms. The number of thiophene rings is 1. The van der Waals surface area contributed by atoms with Crippen LogP contribution < -0.4 is 11.1 Å². The lowest BCUT2D eigenvalue weighted by Gasteiger charge is -2.20. The summed E-state index contributed by atoms with van der Waals surface area (Å²) in [5.41, 5.74) is 7.50. The minimum atomic E-state index is 0.0961. The summed E-state index contributed by atoms with van der Waals surface area (Å²) in [5.74, 6) is 0.420. The third kappa shape index (κ3) is 4.16. The molecule has 2 rings (SSSR count). The predicted molar refractivity (Wildman–Crippen MR) is 83.3 cm³/mol. The molecule has 2 nitrogen and oxygen atoms in total. The lowest BCUT2D eigenvalue weighted by Crippen LogP contribution is -2.29. The minimum absolute atomic E-state index is 0.0961. The first-order valence-corrected chi connectivity index (χ1v) is 7.55. The van der Waals surface area contributed by atoms with E-state index in [1.807, 2.05) is 29.5 Å². The molecule has 0 saturated carbocycles. The smallest absolute Gasteiger partial charge is 0.0333 e. The normalized spacial score (nSPS) is 14.3. The molecular weight excluding hydrogens is 252 g/mol. The number of nitrogens with two attached hydrogens (primary N) is 1. The monoisotopic (exact) mass is 274 g/mol. The number of benzene rings is 1. The molecule has 1 heterocycles. The fourth-order valence-electron chi connectivity index (χ4n) is 2.13. The molecule has 3 N–H and O–H groups in total. The van der Waals surface area contributed by atoms with Crippen LogP contribution >= 0.6 is 11.3 Å². The first-order chi connectivity index (χ1) is 9.16. The Hall–Kier alpha value is -1.16. The van der Waals surface area contributed by atoms with Gasteiger partial charge in [-0.1, -0.05) is 37.3 Å². The van der Waals surface area contributed by atoms with Gasteiger partial charge in [-0.3, -0.25) is 0 Å². The zero-order chi connectivity index (χ0) is 13.7. The number of hydrogen-bond donors (Lipinski definition) is 2. The number of hydrogen-bond acceptors (Lipinski definition) is 3. The Morgan fingerprint density at radius 3 is 2.53 bits per heavy atom. The van der Waals surface area contributed by atoms with Gasteiger partial charge < -0.3 is 11.1 Å². The van der Waals surface area contributed by atoms with Gasteiger partial charge in [0.15, 0.2) is 0 Å². The molecule has 0 aliphatic heterocycles. The van der Waals surface area contributed by atoms with Crippen molar-refractivity contribution in [2.75, 3.05) is 6.54 Å². The molecule has 3 heteroatoms. The molecule has 0 bridgehead atoms. The summed E-state index contributed by atoms with van der Waals surface area (Å²) in [7, 11) is 0. The molecule has 0 amide bonds. The Balaban J connectivity index is 1.79. The summed E-state index contributed by atoms with van der Waals surface area (Å²) in [5, 5.41) is 3.50. The van der Waals surface area contributed by atoms with Crippen molar-refractivity contribution in [2.24, 2.45) is 11.7 Å². The molecule has 2 unspecified atom stereocenters. The predicted octanol–water partition coefficient (Wildman–Crippen LogP) is 3.48. The van der Waals surface area contributed by atoms with Crippen LogP contribution in [0.5, 0.6) is 0 Å². The largest absolute Gasteiger partial charge is 0.324 e. The summed E-state index contributed by atoms with van der Waals surface area (Å²) in [6.45, 7) is 6.21. The Morgan fingerprint density at radius 2 is 1.89 bits per heavy atom. The summed E-state index contributed by atoms with van der Waals surface area (Å²) >= 11 is 1.85. The molecule has 0 radical (unpaired) electrons. The summed E-state index contributed by atoms with van der Waals surface area (Å²) in [6, 6.07) is 14.8. The summed E-state index contributed by atoms with van der Waals surface area (Å²) in [6.07, 6.45) is 0. The minimum Gasteiger partial charge on any atom is -0.324 e. The van der Waals surface area contributed by atoms with E-state index in [4.69, 9.17) is 5.73 Å². The molecule has 19 heavy (non-hydrogen) atoms. The van der Waals surface area contributed by atoms with E-state index in [1.54, 1.807) is 0 Å². The SMILES string of the molecule is Cc1ccc(CNCC(C)C(N)c2ccccc2)s1.